The largest absolute Gasteiger partial charge is 0.489 e. The van der Waals surface area contributed by atoms with Crippen molar-refractivity contribution in [1.82, 2.24) is 4.90 Å². The highest BCUT2D eigenvalue weighted by molar-refractivity contribution is 6.04. The van der Waals surface area contributed by atoms with E-state index in [1.54, 1.807) is 6.08 Å². The van der Waals surface area contributed by atoms with E-state index in [0.29, 0.717) is 23.6 Å². The lowest BCUT2D eigenvalue weighted by Crippen LogP contribution is -2.33. The Bertz CT molecular complexity index is 770. The first-order chi connectivity index (χ1) is 13.1. The Labute approximate surface area is 161 Å². The summed E-state index contributed by atoms with van der Waals surface area (Å²) in [5.41, 5.74) is 2.62. The highest BCUT2D eigenvalue weighted by Crippen LogP contribution is 2.20. The molecule has 4 heteroatoms. The zero-order valence-electron chi connectivity index (χ0n) is 16.0. The molecule has 27 heavy (non-hydrogen) atoms. The molecular weight excluding hydrogens is 336 g/mol. The molecule has 1 atom stereocenters. The van der Waals surface area contributed by atoms with Crippen molar-refractivity contribution in [2.24, 2.45) is 5.92 Å². The number of nitrogens with one attached hydrogen (secondary N) is 1. The van der Waals surface area contributed by atoms with Crippen LogP contribution in [0.2, 0.25) is 0 Å². The molecule has 0 radical (unpaired) electrons. The van der Waals surface area contributed by atoms with E-state index >= 15 is 0 Å². The Hall–Kier alpha value is -2.59. The van der Waals surface area contributed by atoms with Gasteiger partial charge in [0.2, 0.25) is 0 Å². The number of amides is 1. The molecule has 142 valence electrons. The maximum atomic E-state index is 12.5. The zero-order chi connectivity index (χ0) is 19.1. The average molecular weight is 364 g/mol. The van der Waals surface area contributed by atoms with Crippen LogP contribution in [0.3, 0.4) is 0 Å². The second-order valence-corrected chi connectivity index (χ2v) is 7.26. The molecule has 2 aromatic rings. The van der Waals surface area contributed by atoms with E-state index in [0.717, 1.165) is 25.6 Å². The molecular formula is C23H28N2O2. The Kier molecular flexibility index (Phi) is 6.66. The molecule has 1 aliphatic rings. The molecule has 1 saturated heterocycles. The highest BCUT2D eigenvalue weighted by atomic mass is 16.5. The first kappa shape index (κ1) is 19.2. The summed E-state index contributed by atoms with van der Waals surface area (Å²) in [5.74, 6) is 1.36. The number of hydrogen-bond acceptors (Lipinski definition) is 3. The van der Waals surface area contributed by atoms with Gasteiger partial charge in [0, 0.05) is 30.4 Å². The number of carbonyl (C=O) groups excluding carboxylic acids is 1. The SMILES string of the molecule is C=CCOc1cccc(NC(=O)c2ccc(CN3CCC[C@H](C)C3)cc2)c1. The molecule has 3 rings (SSSR count). The minimum Gasteiger partial charge on any atom is -0.489 e. The predicted molar refractivity (Wildman–Crippen MR) is 110 cm³/mol. The molecule has 0 spiro atoms. The molecule has 1 heterocycles. The molecule has 0 aromatic heterocycles. The van der Waals surface area contributed by atoms with E-state index in [-0.39, 0.29) is 5.91 Å². The Morgan fingerprint density at radius 2 is 2.11 bits per heavy atom. The van der Waals surface area contributed by atoms with Gasteiger partial charge >= 0.3 is 0 Å². The van der Waals surface area contributed by atoms with Gasteiger partial charge in [-0.25, -0.2) is 0 Å². The van der Waals surface area contributed by atoms with Crippen LogP contribution in [0.4, 0.5) is 5.69 Å². The summed E-state index contributed by atoms with van der Waals surface area (Å²) in [6.07, 6.45) is 4.30. The minimum absolute atomic E-state index is 0.117. The standard InChI is InChI=1S/C23H28N2O2/c1-3-14-27-22-8-4-7-21(15-22)24-23(26)20-11-9-19(10-12-20)17-25-13-5-6-18(2)16-25/h3-4,7-12,15,18H,1,5-6,13-14,16-17H2,2H3,(H,24,26)/t18-/m0/s1. The fourth-order valence-corrected chi connectivity index (χ4v) is 3.47. The van der Waals surface area contributed by atoms with Crippen LogP contribution in [0.1, 0.15) is 35.7 Å². The number of rotatable bonds is 7. The summed E-state index contributed by atoms with van der Waals surface area (Å²) < 4.78 is 5.50. The number of hydrogen-bond donors (Lipinski definition) is 1. The fraction of sp³-hybridized carbons (Fsp3) is 0.348. The van der Waals surface area contributed by atoms with Crippen LogP contribution in [0.5, 0.6) is 5.75 Å². The predicted octanol–water partition coefficient (Wildman–Crippen LogP) is 4.74. The Morgan fingerprint density at radius 3 is 2.85 bits per heavy atom. The van der Waals surface area contributed by atoms with Crippen LogP contribution in [-0.4, -0.2) is 30.5 Å². The van der Waals surface area contributed by atoms with Gasteiger partial charge in [-0.1, -0.05) is 37.8 Å². The van der Waals surface area contributed by atoms with Crippen LogP contribution in [-0.2, 0) is 6.54 Å². The van der Waals surface area contributed by atoms with E-state index in [1.807, 2.05) is 36.4 Å². The van der Waals surface area contributed by atoms with Crippen LogP contribution in [0.25, 0.3) is 0 Å². The van der Waals surface area contributed by atoms with Crippen molar-refractivity contribution < 1.29 is 9.53 Å². The second kappa shape index (κ2) is 9.38. The molecule has 1 aliphatic heterocycles. The lowest BCUT2D eigenvalue weighted by atomic mass is 9.99. The van der Waals surface area contributed by atoms with Gasteiger partial charge in [0.1, 0.15) is 12.4 Å². The van der Waals surface area contributed by atoms with Crippen molar-refractivity contribution in [3.63, 3.8) is 0 Å². The third-order valence-electron chi connectivity index (χ3n) is 4.82. The third-order valence-corrected chi connectivity index (χ3v) is 4.82. The van der Waals surface area contributed by atoms with Gasteiger partial charge in [0.05, 0.1) is 0 Å². The quantitative estimate of drug-likeness (QED) is 0.722. The maximum absolute atomic E-state index is 12.5. The van der Waals surface area contributed by atoms with Crippen LogP contribution < -0.4 is 10.1 Å². The third kappa shape index (κ3) is 5.69. The molecule has 1 N–H and O–H groups in total. The van der Waals surface area contributed by atoms with Gasteiger partial charge < -0.3 is 10.1 Å². The smallest absolute Gasteiger partial charge is 0.255 e. The monoisotopic (exact) mass is 364 g/mol. The fourth-order valence-electron chi connectivity index (χ4n) is 3.47. The van der Waals surface area contributed by atoms with Crippen molar-refractivity contribution in [3.8, 4) is 5.75 Å². The second-order valence-electron chi connectivity index (χ2n) is 7.26. The number of likely N-dealkylation sites (tertiary alicyclic amines) is 1. The zero-order valence-corrected chi connectivity index (χ0v) is 16.0. The number of piperidine rings is 1. The summed E-state index contributed by atoms with van der Waals surface area (Å²) in [5, 5.41) is 2.93. The topological polar surface area (TPSA) is 41.6 Å². The van der Waals surface area contributed by atoms with Crippen LogP contribution in [0.15, 0.2) is 61.2 Å². The van der Waals surface area contributed by atoms with Crippen molar-refractivity contribution in [1.29, 1.82) is 0 Å². The normalized spacial score (nSPS) is 17.3. The molecule has 4 nitrogen and oxygen atoms in total. The number of carbonyl (C=O) groups is 1. The van der Waals surface area contributed by atoms with Gasteiger partial charge in [0.25, 0.3) is 5.91 Å². The van der Waals surface area contributed by atoms with Gasteiger partial charge in [-0.3, -0.25) is 9.69 Å². The number of ether oxygens (including phenoxy) is 1. The van der Waals surface area contributed by atoms with Gasteiger partial charge in [-0.05, 0) is 55.1 Å². The molecule has 0 saturated carbocycles. The Morgan fingerprint density at radius 1 is 1.30 bits per heavy atom. The van der Waals surface area contributed by atoms with Crippen LogP contribution >= 0.6 is 0 Å². The lowest BCUT2D eigenvalue weighted by Gasteiger charge is -2.30. The van der Waals surface area contributed by atoms with E-state index in [9.17, 15) is 4.79 Å². The van der Waals surface area contributed by atoms with Crippen molar-refractivity contribution >= 4 is 11.6 Å². The van der Waals surface area contributed by atoms with E-state index < -0.39 is 0 Å². The summed E-state index contributed by atoms with van der Waals surface area (Å²) in [6.45, 7) is 9.67. The molecule has 0 unspecified atom stereocenters. The summed E-state index contributed by atoms with van der Waals surface area (Å²) >= 11 is 0. The molecule has 0 bridgehead atoms. The first-order valence-corrected chi connectivity index (χ1v) is 9.60. The number of anilines is 1. The molecule has 1 amide bonds. The van der Waals surface area contributed by atoms with Gasteiger partial charge in [0.15, 0.2) is 0 Å². The van der Waals surface area contributed by atoms with Gasteiger partial charge in [-0.15, -0.1) is 0 Å². The van der Waals surface area contributed by atoms with E-state index in [1.165, 1.54) is 18.4 Å². The lowest BCUT2D eigenvalue weighted by molar-refractivity contribution is 0.102. The van der Waals surface area contributed by atoms with E-state index in [2.05, 4.69) is 35.9 Å². The number of nitrogens with zero attached hydrogens (tertiary/aromatic N) is 1. The van der Waals surface area contributed by atoms with Gasteiger partial charge in [-0.2, -0.15) is 0 Å². The Balaban J connectivity index is 1.58. The summed E-state index contributed by atoms with van der Waals surface area (Å²) in [6, 6.07) is 15.3. The highest BCUT2D eigenvalue weighted by Gasteiger charge is 2.16. The van der Waals surface area contributed by atoms with Crippen molar-refractivity contribution in [2.75, 3.05) is 25.0 Å². The number of benzene rings is 2. The average Bonchev–Trinajstić information content (AvgIpc) is 2.67. The molecule has 2 aromatic carbocycles. The molecule has 0 aliphatic carbocycles. The first-order valence-electron chi connectivity index (χ1n) is 9.60. The van der Waals surface area contributed by atoms with Crippen molar-refractivity contribution in [3.05, 3.63) is 72.3 Å². The van der Waals surface area contributed by atoms with Crippen molar-refractivity contribution in [2.45, 2.75) is 26.3 Å². The van der Waals surface area contributed by atoms with Crippen LogP contribution in [0, 0.1) is 5.92 Å². The summed E-state index contributed by atoms with van der Waals surface area (Å²) in [7, 11) is 0. The molecule has 1 fully saturated rings. The minimum atomic E-state index is -0.117. The van der Waals surface area contributed by atoms with E-state index in [4.69, 9.17) is 4.74 Å². The summed E-state index contributed by atoms with van der Waals surface area (Å²) in [4.78, 5) is 15.0. The maximum Gasteiger partial charge on any atom is 0.255 e.